The van der Waals surface area contributed by atoms with Gasteiger partial charge in [0.05, 0.1) is 17.3 Å². The van der Waals surface area contributed by atoms with Crippen molar-refractivity contribution < 1.29 is 23.5 Å². The third-order valence-corrected chi connectivity index (χ3v) is 11.7. The van der Waals surface area contributed by atoms with Crippen LogP contribution < -0.4 is 10.4 Å². The van der Waals surface area contributed by atoms with E-state index in [0.717, 1.165) is 22.1 Å². The maximum absolute atomic E-state index is 12.7. The highest BCUT2D eigenvalue weighted by Crippen LogP contribution is 2.53. The predicted octanol–water partition coefficient (Wildman–Crippen LogP) is 8.33. The lowest BCUT2D eigenvalue weighted by atomic mass is 10.0. The molecule has 2 saturated carbocycles. The highest BCUT2D eigenvalue weighted by molar-refractivity contribution is 8.16. The van der Waals surface area contributed by atoms with Gasteiger partial charge in [-0.3, -0.25) is 0 Å². The molecule has 7 nitrogen and oxygen atoms in total. The fraction of sp³-hybridized carbons (Fsp3) is 0.500. The summed E-state index contributed by atoms with van der Waals surface area (Å²) in [5.74, 6) is 0.0988. The Balaban J connectivity index is 1.56. The van der Waals surface area contributed by atoms with E-state index in [-0.39, 0.29) is 22.5 Å². The van der Waals surface area contributed by atoms with Crippen LogP contribution in [0.1, 0.15) is 91.0 Å². The molecule has 0 aliphatic heterocycles. The van der Waals surface area contributed by atoms with E-state index in [1.54, 1.807) is 12.1 Å². The van der Waals surface area contributed by atoms with Gasteiger partial charge in [-0.2, -0.15) is 0 Å². The first kappa shape index (κ1) is 31.5. The van der Waals surface area contributed by atoms with Crippen LogP contribution in [0, 0.1) is 6.92 Å². The maximum atomic E-state index is 12.7. The van der Waals surface area contributed by atoms with Crippen molar-refractivity contribution in [3.63, 3.8) is 0 Å². The molecular formula is C34H41NO6S2. The van der Waals surface area contributed by atoms with Crippen molar-refractivity contribution in [2.45, 2.75) is 92.8 Å². The lowest BCUT2D eigenvalue weighted by Crippen LogP contribution is -2.20. The summed E-state index contributed by atoms with van der Waals surface area (Å²) in [6, 6.07) is 13.0. The second-order valence-electron chi connectivity index (χ2n) is 11.3. The summed E-state index contributed by atoms with van der Waals surface area (Å²) in [7, 11) is 2.71. The molecule has 230 valence electrons. The minimum atomic E-state index is -0.592. The number of methoxy groups -OCH3 is 1. The average molecular weight is 624 g/mol. The number of benzene rings is 2. The standard InChI is InChI=1S/C34H41NO6S2/c1-22-20-29(36)41-32-26(22)18-19-28(40-21-23-12-10-11-17-27(23)31(35-39-3)33(37)38-2)30(32)34(42-24-13-6-4-7-14-24)43-25-15-8-5-9-16-25/h10-12,17-20,24-25,34H,4-9,13-16,21H2,1-3H3/b35-31+. The molecule has 2 aliphatic carbocycles. The highest BCUT2D eigenvalue weighted by atomic mass is 32.2. The van der Waals surface area contributed by atoms with Crippen LogP contribution in [-0.4, -0.2) is 36.4 Å². The number of aryl methyl sites for hydroxylation is 1. The zero-order chi connectivity index (χ0) is 30.2. The number of rotatable bonds is 11. The van der Waals surface area contributed by atoms with Crippen molar-refractivity contribution >= 4 is 46.2 Å². The van der Waals surface area contributed by atoms with Crippen molar-refractivity contribution in [3.05, 3.63) is 75.1 Å². The molecule has 2 aromatic carbocycles. The number of hydrogen-bond donors (Lipinski definition) is 0. The first-order chi connectivity index (χ1) is 21.0. The number of oxime groups is 1. The Morgan fingerprint density at radius 3 is 2.23 bits per heavy atom. The smallest absolute Gasteiger partial charge is 0.360 e. The zero-order valence-corrected chi connectivity index (χ0v) is 26.9. The molecule has 3 aromatic rings. The Hall–Kier alpha value is -2.91. The molecule has 2 fully saturated rings. The second-order valence-corrected chi connectivity index (χ2v) is 14.4. The van der Waals surface area contributed by atoms with E-state index in [4.69, 9.17) is 18.7 Å². The van der Waals surface area contributed by atoms with Gasteiger partial charge in [-0.05, 0) is 55.9 Å². The molecular weight excluding hydrogens is 583 g/mol. The number of carbonyl (C=O) groups is 1. The van der Waals surface area contributed by atoms with Crippen molar-refractivity contribution in [1.82, 2.24) is 0 Å². The van der Waals surface area contributed by atoms with Gasteiger partial charge in [-0.1, -0.05) is 67.9 Å². The minimum Gasteiger partial charge on any atom is -0.488 e. The summed E-state index contributed by atoms with van der Waals surface area (Å²) in [4.78, 5) is 30.2. The number of esters is 1. The second kappa shape index (κ2) is 15.2. The topological polar surface area (TPSA) is 87.3 Å². The van der Waals surface area contributed by atoms with E-state index in [0.29, 0.717) is 27.4 Å². The van der Waals surface area contributed by atoms with E-state index in [2.05, 4.69) is 5.16 Å². The van der Waals surface area contributed by atoms with Crippen molar-refractivity contribution in [2.24, 2.45) is 5.16 Å². The van der Waals surface area contributed by atoms with Gasteiger partial charge < -0.3 is 18.7 Å². The average Bonchev–Trinajstić information content (AvgIpc) is 3.03. The van der Waals surface area contributed by atoms with Crippen LogP contribution in [0.25, 0.3) is 11.0 Å². The molecule has 9 heteroatoms. The molecule has 1 heterocycles. The fourth-order valence-electron chi connectivity index (χ4n) is 6.07. The molecule has 0 amide bonds. The number of thioether (sulfide) groups is 2. The van der Waals surface area contributed by atoms with E-state index in [1.165, 1.54) is 78.4 Å². The Kier molecular flexibility index (Phi) is 11.1. The number of nitrogens with zero attached hydrogens (tertiary/aromatic N) is 1. The zero-order valence-electron chi connectivity index (χ0n) is 25.3. The number of ether oxygens (including phenoxy) is 2. The highest BCUT2D eigenvalue weighted by Gasteiger charge is 2.31. The monoisotopic (exact) mass is 623 g/mol. The molecule has 0 radical (unpaired) electrons. The lowest BCUT2D eigenvalue weighted by Gasteiger charge is -2.31. The van der Waals surface area contributed by atoms with Gasteiger partial charge in [0.15, 0.2) is 5.71 Å². The Morgan fingerprint density at radius 1 is 0.953 bits per heavy atom. The Bertz CT molecular complexity index is 1470. The van der Waals surface area contributed by atoms with E-state index in [1.807, 2.05) is 60.8 Å². The maximum Gasteiger partial charge on any atom is 0.360 e. The Labute approximate surface area is 262 Å². The number of carbonyl (C=O) groups excluding carboxylic acids is 1. The van der Waals surface area contributed by atoms with E-state index >= 15 is 0 Å². The van der Waals surface area contributed by atoms with Crippen molar-refractivity contribution in [1.29, 1.82) is 0 Å². The van der Waals surface area contributed by atoms with Crippen LogP contribution in [-0.2, 0) is 21.0 Å². The van der Waals surface area contributed by atoms with Gasteiger partial charge in [0.25, 0.3) is 0 Å². The molecule has 5 rings (SSSR count). The van der Waals surface area contributed by atoms with Gasteiger partial charge in [-0.15, -0.1) is 23.5 Å². The van der Waals surface area contributed by atoms with Crippen LogP contribution in [0.4, 0.5) is 0 Å². The fourth-order valence-corrected chi connectivity index (χ4v) is 9.90. The number of fused-ring (bicyclic) bond motifs is 1. The lowest BCUT2D eigenvalue weighted by molar-refractivity contribution is -0.132. The van der Waals surface area contributed by atoms with Gasteiger partial charge in [0.2, 0.25) is 0 Å². The van der Waals surface area contributed by atoms with Crippen molar-refractivity contribution in [3.8, 4) is 5.75 Å². The summed E-state index contributed by atoms with van der Waals surface area (Å²) >= 11 is 4.04. The number of hydrogen-bond acceptors (Lipinski definition) is 9. The van der Waals surface area contributed by atoms with Crippen LogP contribution >= 0.6 is 23.5 Å². The molecule has 0 bridgehead atoms. The molecule has 0 atom stereocenters. The SMILES string of the molecule is CO/N=C(/C(=O)OC)c1ccccc1COc1ccc2c(C)cc(=O)oc2c1C(SC1CCCCC1)SC1CCCCC1. The largest absolute Gasteiger partial charge is 0.488 e. The normalized spacial score (nSPS) is 16.9. The van der Waals surface area contributed by atoms with E-state index in [9.17, 15) is 9.59 Å². The van der Waals surface area contributed by atoms with Crippen LogP contribution in [0.2, 0.25) is 0 Å². The quantitative estimate of drug-likeness (QED) is 0.0693. The minimum absolute atomic E-state index is 0.0609. The molecule has 2 aliphatic rings. The molecule has 1 aromatic heterocycles. The van der Waals surface area contributed by atoms with Gasteiger partial charge in [0, 0.05) is 27.5 Å². The molecule has 43 heavy (non-hydrogen) atoms. The van der Waals surface area contributed by atoms with E-state index < -0.39 is 5.97 Å². The van der Waals surface area contributed by atoms with Gasteiger partial charge >= 0.3 is 11.6 Å². The van der Waals surface area contributed by atoms with Gasteiger partial charge in [0.1, 0.15) is 25.0 Å². The molecule has 0 unspecified atom stereocenters. The molecule has 0 spiro atoms. The first-order valence-electron chi connectivity index (χ1n) is 15.3. The molecule has 0 saturated heterocycles. The van der Waals surface area contributed by atoms with Crippen LogP contribution in [0.5, 0.6) is 5.75 Å². The summed E-state index contributed by atoms with van der Waals surface area (Å²) < 4.78 is 17.6. The third-order valence-electron chi connectivity index (χ3n) is 8.31. The summed E-state index contributed by atoms with van der Waals surface area (Å²) in [5, 5.41) is 6.00. The van der Waals surface area contributed by atoms with Crippen molar-refractivity contribution in [2.75, 3.05) is 14.2 Å². The first-order valence-corrected chi connectivity index (χ1v) is 17.2. The Morgan fingerprint density at radius 2 is 1.60 bits per heavy atom. The third kappa shape index (κ3) is 7.79. The predicted molar refractivity (Wildman–Crippen MR) is 175 cm³/mol. The summed E-state index contributed by atoms with van der Waals surface area (Å²) in [5.41, 5.74) is 3.51. The van der Waals surface area contributed by atoms with Crippen LogP contribution in [0.15, 0.2) is 56.8 Å². The molecule has 0 N–H and O–H groups in total. The summed E-state index contributed by atoms with van der Waals surface area (Å²) in [6.45, 7) is 2.14. The van der Waals surface area contributed by atoms with Gasteiger partial charge in [-0.25, -0.2) is 9.59 Å². The summed E-state index contributed by atoms with van der Waals surface area (Å²) in [6.07, 6.45) is 12.5. The van der Waals surface area contributed by atoms with Crippen LogP contribution in [0.3, 0.4) is 0 Å².